The van der Waals surface area contributed by atoms with Crippen LogP contribution in [0, 0.1) is 11.3 Å². The molecular weight excluding hydrogens is 264 g/mol. The fourth-order valence-corrected chi connectivity index (χ4v) is 3.98. The summed E-state index contributed by atoms with van der Waals surface area (Å²) in [5.41, 5.74) is 0.175. The molecule has 0 unspecified atom stereocenters. The van der Waals surface area contributed by atoms with Crippen molar-refractivity contribution in [3.05, 3.63) is 29.8 Å². The second-order valence-electron chi connectivity index (χ2n) is 4.69. The van der Waals surface area contributed by atoms with Gasteiger partial charge in [0.1, 0.15) is 6.07 Å². The molecule has 0 aromatic heterocycles. The fraction of sp³-hybridized carbons (Fsp3) is 0.462. The van der Waals surface area contributed by atoms with Crippen molar-refractivity contribution in [2.24, 2.45) is 0 Å². The lowest BCUT2D eigenvalue weighted by Gasteiger charge is -2.34. The second-order valence-corrected chi connectivity index (χ2v) is 6.59. The molecule has 0 radical (unpaired) electrons. The molecule has 6 heteroatoms. The van der Waals surface area contributed by atoms with Gasteiger partial charge in [0.25, 0.3) is 0 Å². The molecule has 1 aromatic carbocycles. The van der Waals surface area contributed by atoms with E-state index in [1.165, 1.54) is 16.4 Å². The minimum Gasteiger partial charge on any atom is -0.373 e. The zero-order valence-electron chi connectivity index (χ0n) is 10.9. The van der Waals surface area contributed by atoms with Gasteiger partial charge in [0, 0.05) is 13.1 Å². The minimum absolute atomic E-state index is 0.0683. The maximum Gasteiger partial charge on any atom is 0.244 e. The molecule has 1 heterocycles. The van der Waals surface area contributed by atoms with Crippen LogP contribution in [0.3, 0.4) is 0 Å². The first-order valence-electron chi connectivity index (χ1n) is 6.10. The molecular formula is C13H16N2O3S. The third-order valence-corrected chi connectivity index (χ3v) is 4.90. The lowest BCUT2D eigenvalue weighted by molar-refractivity contribution is -0.0440. The van der Waals surface area contributed by atoms with Crippen LogP contribution < -0.4 is 0 Å². The van der Waals surface area contributed by atoms with Gasteiger partial charge in [-0.2, -0.15) is 9.57 Å². The molecule has 1 aromatic rings. The number of ether oxygens (including phenoxy) is 1. The molecule has 2 atom stereocenters. The maximum atomic E-state index is 12.6. The molecule has 5 nitrogen and oxygen atoms in total. The monoisotopic (exact) mass is 280 g/mol. The van der Waals surface area contributed by atoms with Gasteiger partial charge in [0.2, 0.25) is 10.0 Å². The zero-order chi connectivity index (χ0) is 14.0. The van der Waals surface area contributed by atoms with Crippen LogP contribution in [0.4, 0.5) is 0 Å². The van der Waals surface area contributed by atoms with E-state index in [1.54, 1.807) is 12.1 Å². The van der Waals surface area contributed by atoms with Gasteiger partial charge in [-0.15, -0.1) is 0 Å². The Bertz CT molecular complexity index is 597. The summed E-state index contributed by atoms with van der Waals surface area (Å²) < 4.78 is 32.1. The van der Waals surface area contributed by atoms with Crippen molar-refractivity contribution in [1.29, 1.82) is 5.26 Å². The highest BCUT2D eigenvalue weighted by Gasteiger charge is 2.33. The quantitative estimate of drug-likeness (QED) is 0.820. The molecule has 1 fully saturated rings. The van der Waals surface area contributed by atoms with E-state index in [0.717, 1.165) is 0 Å². The third kappa shape index (κ3) is 2.78. The van der Waals surface area contributed by atoms with E-state index in [9.17, 15) is 8.42 Å². The number of nitrogens with zero attached hydrogens (tertiary/aromatic N) is 2. The van der Waals surface area contributed by atoms with E-state index in [0.29, 0.717) is 13.1 Å². The van der Waals surface area contributed by atoms with E-state index in [1.807, 2.05) is 19.9 Å². The van der Waals surface area contributed by atoms with Gasteiger partial charge in [-0.3, -0.25) is 0 Å². The zero-order valence-corrected chi connectivity index (χ0v) is 11.7. The van der Waals surface area contributed by atoms with E-state index in [4.69, 9.17) is 10.00 Å². The second kappa shape index (κ2) is 5.29. The Hall–Kier alpha value is -1.42. The van der Waals surface area contributed by atoms with Crippen molar-refractivity contribution in [3.63, 3.8) is 0 Å². The van der Waals surface area contributed by atoms with Crippen molar-refractivity contribution in [2.45, 2.75) is 31.0 Å². The van der Waals surface area contributed by atoms with Crippen LogP contribution in [0.2, 0.25) is 0 Å². The van der Waals surface area contributed by atoms with Gasteiger partial charge in [0.15, 0.2) is 0 Å². The van der Waals surface area contributed by atoms with Crippen molar-refractivity contribution >= 4 is 10.0 Å². The largest absolute Gasteiger partial charge is 0.373 e. The molecule has 1 aliphatic rings. The molecule has 0 N–H and O–H groups in total. The van der Waals surface area contributed by atoms with Crippen LogP contribution in [0.1, 0.15) is 19.4 Å². The summed E-state index contributed by atoms with van der Waals surface area (Å²) >= 11 is 0. The Morgan fingerprint density at radius 1 is 1.26 bits per heavy atom. The predicted molar refractivity (Wildman–Crippen MR) is 69.9 cm³/mol. The Balaban J connectivity index is 2.40. The summed E-state index contributed by atoms with van der Waals surface area (Å²) in [7, 11) is -3.64. The van der Waals surface area contributed by atoms with E-state index in [-0.39, 0.29) is 22.7 Å². The average molecular weight is 280 g/mol. The summed E-state index contributed by atoms with van der Waals surface area (Å²) in [5, 5.41) is 9.03. The highest BCUT2D eigenvalue weighted by atomic mass is 32.2. The van der Waals surface area contributed by atoms with Crippen LogP contribution in [-0.4, -0.2) is 38.0 Å². The Morgan fingerprint density at radius 3 is 2.42 bits per heavy atom. The topological polar surface area (TPSA) is 70.4 Å². The van der Waals surface area contributed by atoms with Crippen LogP contribution in [0.5, 0.6) is 0 Å². The molecule has 19 heavy (non-hydrogen) atoms. The van der Waals surface area contributed by atoms with Crippen LogP contribution in [-0.2, 0) is 14.8 Å². The molecule has 1 saturated heterocycles. The number of sulfonamides is 1. The Labute approximate surface area is 113 Å². The van der Waals surface area contributed by atoms with Crippen molar-refractivity contribution in [3.8, 4) is 6.07 Å². The summed E-state index contributed by atoms with van der Waals surface area (Å²) in [6.45, 7) is 4.31. The third-order valence-electron chi connectivity index (χ3n) is 3.01. The first-order valence-corrected chi connectivity index (χ1v) is 7.54. The first-order chi connectivity index (χ1) is 8.95. The smallest absolute Gasteiger partial charge is 0.244 e. The highest BCUT2D eigenvalue weighted by Crippen LogP contribution is 2.23. The van der Waals surface area contributed by atoms with Gasteiger partial charge in [0.05, 0.1) is 22.7 Å². The number of rotatable bonds is 2. The maximum absolute atomic E-state index is 12.6. The molecule has 1 aliphatic heterocycles. The molecule has 102 valence electrons. The van der Waals surface area contributed by atoms with Crippen LogP contribution >= 0.6 is 0 Å². The SMILES string of the molecule is C[C@@H]1CN(S(=O)(=O)c2ccccc2C#N)C[C@H](C)O1. The summed E-state index contributed by atoms with van der Waals surface area (Å²) in [4.78, 5) is 0.0683. The van der Waals surface area contributed by atoms with Gasteiger partial charge >= 0.3 is 0 Å². The highest BCUT2D eigenvalue weighted by molar-refractivity contribution is 7.89. The minimum atomic E-state index is -3.64. The molecule has 0 amide bonds. The van der Waals surface area contributed by atoms with Crippen molar-refractivity contribution in [1.82, 2.24) is 4.31 Å². The number of hydrogen-bond donors (Lipinski definition) is 0. The van der Waals surface area contributed by atoms with E-state index >= 15 is 0 Å². The van der Waals surface area contributed by atoms with E-state index in [2.05, 4.69) is 0 Å². The first kappa shape index (κ1) is 14.0. The molecule has 0 bridgehead atoms. The normalized spacial score (nSPS) is 24.9. The average Bonchev–Trinajstić information content (AvgIpc) is 2.37. The fourth-order valence-electron chi connectivity index (χ4n) is 2.25. The number of morpholine rings is 1. The molecule has 0 saturated carbocycles. The Morgan fingerprint density at radius 2 is 1.84 bits per heavy atom. The van der Waals surface area contributed by atoms with Gasteiger partial charge in [-0.1, -0.05) is 12.1 Å². The molecule has 0 spiro atoms. The van der Waals surface area contributed by atoms with Crippen LogP contribution in [0.15, 0.2) is 29.2 Å². The van der Waals surface area contributed by atoms with E-state index < -0.39 is 10.0 Å². The number of nitriles is 1. The Kier molecular flexibility index (Phi) is 3.90. The van der Waals surface area contributed by atoms with Gasteiger partial charge in [-0.25, -0.2) is 8.42 Å². The van der Waals surface area contributed by atoms with Gasteiger partial charge < -0.3 is 4.74 Å². The number of benzene rings is 1. The summed E-state index contributed by atoms with van der Waals surface area (Å²) in [6, 6.07) is 8.19. The number of hydrogen-bond acceptors (Lipinski definition) is 4. The summed E-state index contributed by atoms with van der Waals surface area (Å²) in [5.74, 6) is 0. The van der Waals surface area contributed by atoms with Crippen molar-refractivity contribution in [2.75, 3.05) is 13.1 Å². The standard InChI is InChI=1S/C13H16N2O3S/c1-10-8-15(9-11(2)18-10)19(16,17)13-6-4-3-5-12(13)7-14/h3-6,10-11H,8-9H2,1-2H3/t10-,11+. The lowest BCUT2D eigenvalue weighted by atomic mass is 10.2. The molecule has 2 rings (SSSR count). The summed E-state index contributed by atoms with van der Waals surface area (Å²) in [6.07, 6.45) is -0.291. The predicted octanol–water partition coefficient (Wildman–Crippen LogP) is 1.36. The van der Waals surface area contributed by atoms with Crippen LogP contribution in [0.25, 0.3) is 0 Å². The lowest BCUT2D eigenvalue weighted by Crippen LogP contribution is -2.48. The molecule has 0 aliphatic carbocycles. The van der Waals surface area contributed by atoms with Crippen molar-refractivity contribution < 1.29 is 13.2 Å². The van der Waals surface area contributed by atoms with Gasteiger partial charge in [-0.05, 0) is 26.0 Å².